The molecule has 1 aromatic heterocycles. The second-order valence-corrected chi connectivity index (χ2v) is 5.02. The Labute approximate surface area is 118 Å². The van der Waals surface area contributed by atoms with Gasteiger partial charge in [0.25, 0.3) is 0 Å². The average Bonchev–Trinajstić information content (AvgIpc) is 3.31. The molecule has 0 radical (unpaired) electrons. The molecule has 1 aliphatic carbocycles. The van der Waals surface area contributed by atoms with E-state index in [1.54, 1.807) is 6.20 Å². The van der Waals surface area contributed by atoms with Gasteiger partial charge in [-0.05, 0) is 36.6 Å². The predicted molar refractivity (Wildman–Crippen MR) is 78.3 cm³/mol. The first-order valence-electron chi connectivity index (χ1n) is 6.84. The third kappa shape index (κ3) is 3.15. The number of benzene rings is 1. The van der Waals surface area contributed by atoms with E-state index in [1.807, 2.05) is 53.6 Å². The molecule has 1 heterocycles. The summed E-state index contributed by atoms with van der Waals surface area (Å²) in [6, 6.07) is 13.8. The number of rotatable bonds is 4. The van der Waals surface area contributed by atoms with Crippen molar-refractivity contribution in [2.24, 2.45) is 0 Å². The lowest BCUT2D eigenvalue weighted by Gasteiger charge is -2.22. The zero-order valence-electron chi connectivity index (χ0n) is 11.2. The first kappa shape index (κ1) is 12.7. The first-order valence-corrected chi connectivity index (χ1v) is 6.84. The lowest BCUT2D eigenvalue weighted by atomic mass is 10.2. The van der Waals surface area contributed by atoms with E-state index in [2.05, 4.69) is 10.3 Å². The summed E-state index contributed by atoms with van der Waals surface area (Å²) in [6.45, 7) is 0.608. The highest BCUT2D eigenvalue weighted by atomic mass is 16.2. The Bertz CT molecular complexity index is 567. The molecule has 3 rings (SSSR count). The van der Waals surface area contributed by atoms with Gasteiger partial charge in [-0.25, -0.2) is 4.79 Å². The molecule has 1 fully saturated rings. The Morgan fingerprint density at radius 1 is 1.20 bits per heavy atom. The summed E-state index contributed by atoms with van der Waals surface area (Å²) in [6.07, 6.45) is 5.73. The van der Waals surface area contributed by atoms with Crippen LogP contribution in [0.4, 0.5) is 10.5 Å². The molecule has 1 saturated carbocycles. The topological polar surface area (TPSA) is 45.2 Å². The van der Waals surface area contributed by atoms with Crippen molar-refractivity contribution in [2.75, 3.05) is 5.32 Å². The van der Waals surface area contributed by atoms with Gasteiger partial charge < -0.3 is 10.2 Å². The molecule has 0 atom stereocenters. The molecule has 20 heavy (non-hydrogen) atoms. The van der Waals surface area contributed by atoms with Crippen molar-refractivity contribution in [1.82, 2.24) is 9.88 Å². The SMILES string of the molecule is O=C(Nc1ccccc1)N(Cc1cccnc1)C1CC1. The molecular weight excluding hydrogens is 250 g/mol. The highest BCUT2D eigenvalue weighted by Crippen LogP contribution is 2.28. The van der Waals surface area contributed by atoms with Gasteiger partial charge >= 0.3 is 6.03 Å². The van der Waals surface area contributed by atoms with E-state index in [9.17, 15) is 4.79 Å². The summed E-state index contributed by atoms with van der Waals surface area (Å²) in [7, 11) is 0. The molecule has 1 aliphatic rings. The van der Waals surface area contributed by atoms with E-state index in [0.717, 1.165) is 24.1 Å². The standard InChI is InChI=1S/C16H17N3O/c20-16(18-14-6-2-1-3-7-14)19(15-8-9-15)12-13-5-4-10-17-11-13/h1-7,10-11,15H,8-9,12H2,(H,18,20). The fourth-order valence-corrected chi connectivity index (χ4v) is 2.16. The summed E-state index contributed by atoms with van der Waals surface area (Å²) >= 11 is 0. The number of carbonyl (C=O) groups excluding carboxylic acids is 1. The zero-order valence-corrected chi connectivity index (χ0v) is 11.2. The average molecular weight is 267 g/mol. The number of amides is 2. The number of pyridine rings is 1. The molecule has 0 spiro atoms. The van der Waals surface area contributed by atoms with Gasteiger partial charge in [-0.1, -0.05) is 24.3 Å². The molecule has 4 heteroatoms. The monoisotopic (exact) mass is 267 g/mol. The Hall–Kier alpha value is -2.36. The molecule has 2 aromatic rings. The summed E-state index contributed by atoms with van der Waals surface area (Å²) < 4.78 is 0. The summed E-state index contributed by atoms with van der Waals surface area (Å²) in [4.78, 5) is 18.4. The van der Waals surface area contributed by atoms with Crippen LogP contribution in [0.1, 0.15) is 18.4 Å². The molecule has 1 aromatic carbocycles. The Morgan fingerprint density at radius 3 is 2.65 bits per heavy atom. The van der Waals surface area contributed by atoms with Crippen LogP contribution < -0.4 is 5.32 Å². The van der Waals surface area contributed by atoms with Crippen molar-refractivity contribution in [2.45, 2.75) is 25.4 Å². The van der Waals surface area contributed by atoms with Crippen molar-refractivity contribution < 1.29 is 4.79 Å². The number of anilines is 1. The fraction of sp³-hybridized carbons (Fsp3) is 0.250. The Kier molecular flexibility index (Phi) is 3.63. The van der Waals surface area contributed by atoms with Gasteiger partial charge in [0.1, 0.15) is 0 Å². The lowest BCUT2D eigenvalue weighted by Crippen LogP contribution is -2.36. The van der Waals surface area contributed by atoms with E-state index < -0.39 is 0 Å². The smallest absolute Gasteiger partial charge is 0.317 e. The van der Waals surface area contributed by atoms with Crippen LogP contribution in [-0.4, -0.2) is 22.0 Å². The molecular formula is C16H17N3O. The van der Waals surface area contributed by atoms with E-state index in [1.165, 1.54) is 0 Å². The quantitative estimate of drug-likeness (QED) is 0.924. The van der Waals surface area contributed by atoms with Crippen molar-refractivity contribution in [3.05, 3.63) is 60.4 Å². The van der Waals surface area contributed by atoms with Gasteiger partial charge in [0.05, 0.1) is 0 Å². The van der Waals surface area contributed by atoms with Crippen LogP contribution in [0.5, 0.6) is 0 Å². The van der Waals surface area contributed by atoms with E-state index >= 15 is 0 Å². The molecule has 2 amide bonds. The van der Waals surface area contributed by atoms with E-state index in [-0.39, 0.29) is 6.03 Å². The highest BCUT2D eigenvalue weighted by Gasteiger charge is 2.32. The highest BCUT2D eigenvalue weighted by molar-refractivity contribution is 5.89. The largest absolute Gasteiger partial charge is 0.322 e. The van der Waals surface area contributed by atoms with E-state index in [0.29, 0.717) is 12.6 Å². The normalized spacial score (nSPS) is 13.8. The van der Waals surface area contributed by atoms with Gasteiger partial charge in [-0.2, -0.15) is 0 Å². The third-order valence-corrected chi connectivity index (χ3v) is 3.35. The minimum absolute atomic E-state index is 0.0393. The second-order valence-electron chi connectivity index (χ2n) is 5.02. The van der Waals surface area contributed by atoms with Gasteiger partial charge in [0.15, 0.2) is 0 Å². The van der Waals surface area contributed by atoms with Crippen LogP contribution in [0.2, 0.25) is 0 Å². The van der Waals surface area contributed by atoms with Crippen LogP contribution in [0.25, 0.3) is 0 Å². The van der Waals surface area contributed by atoms with Crippen molar-refractivity contribution >= 4 is 11.7 Å². The number of hydrogen-bond acceptors (Lipinski definition) is 2. The van der Waals surface area contributed by atoms with Crippen molar-refractivity contribution in [3.8, 4) is 0 Å². The molecule has 4 nitrogen and oxygen atoms in total. The maximum absolute atomic E-state index is 12.4. The molecule has 1 N–H and O–H groups in total. The van der Waals surface area contributed by atoms with E-state index in [4.69, 9.17) is 0 Å². The van der Waals surface area contributed by atoms with Gasteiger partial charge in [0.2, 0.25) is 0 Å². The van der Waals surface area contributed by atoms with Crippen LogP contribution in [0, 0.1) is 0 Å². The second kappa shape index (κ2) is 5.74. The number of urea groups is 1. The first-order chi connectivity index (χ1) is 9.83. The van der Waals surface area contributed by atoms with Gasteiger partial charge in [-0.15, -0.1) is 0 Å². The number of aromatic nitrogens is 1. The molecule has 0 saturated heterocycles. The number of carbonyl (C=O) groups is 1. The Balaban J connectivity index is 1.69. The van der Waals surface area contributed by atoms with Crippen molar-refractivity contribution in [1.29, 1.82) is 0 Å². The van der Waals surface area contributed by atoms with Crippen molar-refractivity contribution in [3.63, 3.8) is 0 Å². The molecule has 0 unspecified atom stereocenters. The summed E-state index contributed by atoms with van der Waals surface area (Å²) in [5.74, 6) is 0. The maximum Gasteiger partial charge on any atom is 0.322 e. The number of nitrogens with zero attached hydrogens (tertiary/aromatic N) is 2. The van der Waals surface area contributed by atoms with Crippen LogP contribution in [-0.2, 0) is 6.54 Å². The van der Waals surface area contributed by atoms with Crippen LogP contribution >= 0.6 is 0 Å². The van der Waals surface area contributed by atoms with Gasteiger partial charge in [-0.3, -0.25) is 4.98 Å². The molecule has 102 valence electrons. The lowest BCUT2D eigenvalue weighted by molar-refractivity contribution is 0.206. The number of hydrogen-bond donors (Lipinski definition) is 1. The van der Waals surface area contributed by atoms with Gasteiger partial charge in [0, 0.05) is 30.7 Å². The summed E-state index contributed by atoms with van der Waals surface area (Å²) in [5.41, 5.74) is 1.89. The predicted octanol–water partition coefficient (Wildman–Crippen LogP) is 3.28. The van der Waals surface area contributed by atoms with Crippen LogP contribution in [0.15, 0.2) is 54.9 Å². The minimum atomic E-state index is -0.0393. The Morgan fingerprint density at radius 2 is 2.00 bits per heavy atom. The third-order valence-electron chi connectivity index (χ3n) is 3.35. The fourth-order valence-electron chi connectivity index (χ4n) is 2.16. The molecule has 0 bridgehead atoms. The maximum atomic E-state index is 12.4. The van der Waals surface area contributed by atoms with Crippen LogP contribution in [0.3, 0.4) is 0 Å². The zero-order chi connectivity index (χ0) is 13.8. The number of para-hydroxylation sites is 1. The number of nitrogens with one attached hydrogen (secondary N) is 1. The minimum Gasteiger partial charge on any atom is -0.317 e. The summed E-state index contributed by atoms with van der Waals surface area (Å²) in [5, 5.41) is 2.95. The molecule has 0 aliphatic heterocycles.